The number of anilines is 1. The molecule has 1 saturated heterocycles. The number of carboxylic acid groups (broad SMARTS) is 1. The zero-order chi connectivity index (χ0) is 12.3. The minimum absolute atomic E-state index is 0.0375. The Labute approximate surface area is 98.0 Å². The molecule has 0 amide bonds. The second-order valence-corrected chi connectivity index (χ2v) is 3.50. The number of rotatable bonds is 3. The van der Waals surface area contributed by atoms with Gasteiger partial charge in [0.25, 0.3) is 0 Å². The molecule has 2 rings (SSSR count). The van der Waals surface area contributed by atoms with E-state index in [1.54, 1.807) is 0 Å². The average molecular weight is 239 g/mol. The molecular weight excluding hydrogens is 226 g/mol. The maximum absolute atomic E-state index is 10.9. The van der Waals surface area contributed by atoms with Gasteiger partial charge in [-0.25, -0.2) is 9.78 Å². The number of carboxylic acids is 1. The molecule has 1 N–H and O–H groups in total. The van der Waals surface area contributed by atoms with Crippen molar-refractivity contribution in [1.29, 1.82) is 0 Å². The zero-order valence-electron chi connectivity index (χ0n) is 9.42. The zero-order valence-corrected chi connectivity index (χ0v) is 9.42. The van der Waals surface area contributed by atoms with E-state index in [1.807, 2.05) is 4.90 Å². The summed E-state index contributed by atoms with van der Waals surface area (Å²) in [5.74, 6) is -0.556. The van der Waals surface area contributed by atoms with E-state index >= 15 is 0 Å². The summed E-state index contributed by atoms with van der Waals surface area (Å²) in [4.78, 5) is 20.9. The summed E-state index contributed by atoms with van der Waals surface area (Å²) in [7, 11) is 1.39. The van der Waals surface area contributed by atoms with Crippen molar-refractivity contribution in [1.82, 2.24) is 9.97 Å². The molecule has 0 unspecified atom stereocenters. The van der Waals surface area contributed by atoms with Crippen LogP contribution in [0.3, 0.4) is 0 Å². The maximum atomic E-state index is 10.9. The van der Waals surface area contributed by atoms with Gasteiger partial charge in [-0.15, -0.1) is 0 Å². The van der Waals surface area contributed by atoms with Crippen molar-refractivity contribution in [3.05, 3.63) is 11.8 Å². The Hall–Kier alpha value is -1.89. The number of methoxy groups -OCH3 is 1. The van der Waals surface area contributed by atoms with Crippen LogP contribution in [0.4, 0.5) is 5.95 Å². The Bertz CT molecular complexity index is 418. The molecule has 1 aromatic rings. The van der Waals surface area contributed by atoms with Crippen molar-refractivity contribution in [2.75, 3.05) is 38.3 Å². The first-order valence-corrected chi connectivity index (χ1v) is 5.19. The molecular formula is C10H13N3O4. The first-order valence-electron chi connectivity index (χ1n) is 5.19. The number of nitrogens with zero attached hydrogens (tertiary/aromatic N) is 3. The second kappa shape index (κ2) is 4.96. The Morgan fingerprint density at radius 1 is 1.53 bits per heavy atom. The standard InChI is InChI=1S/C10H13N3O4/c1-16-8-7(9(14)15)6-11-10(12-8)13-2-4-17-5-3-13/h6H,2-5H2,1H3,(H,14,15). The summed E-state index contributed by atoms with van der Waals surface area (Å²) in [5.41, 5.74) is -0.0375. The summed E-state index contributed by atoms with van der Waals surface area (Å²) in [6.07, 6.45) is 1.26. The summed E-state index contributed by atoms with van der Waals surface area (Å²) in [5, 5.41) is 8.90. The molecule has 7 heteroatoms. The van der Waals surface area contributed by atoms with Crippen LogP contribution >= 0.6 is 0 Å². The van der Waals surface area contributed by atoms with Gasteiger partial charge in [0.2, 0.25) is 11.8 Å². The molecule has 92 valence electrons. The summed E-state index contributed by atoms with van der Waals surface area (Å²) in [6, 6.07) is 0. The van der Waals surface area contributed by atoms with Crippen LogP contribution in [0.25, 0.3) is 0 Å². The van der Waals surface area contributed by atoms with E-state index in [2.05, 4.69) is 9.97 Å². The molecule has 0 atom stereocenters. The van der Waals surface area contributed by atoms with Crippen molar-refractivity contribution in [2.45, 2.75) is 0 Å². The molecule has 7 nitrogen and oxygen atoms in total. The molecule has 1 aliphatic heterocycles. The molecule has 0 bridgehead atoms. The number of ether oxygens (including phenoxy) is 2. The van der Waals surface area contributed by atoms with E-state index in [0.29, 0.717) is 32.3 Å². The van der Waals surface area contributed by atoms with E-state index in [0.717, 1.165) is 0 Å². The number of carbonyl (C=O) groups is 1. The first-order chi connectivity index (χ1) is 8.22. The molecule has 1 aliphatic rings. The van der Waals surface area contributed by atoms with Crippen LogP contribution in [0.1, 0.15) is 10.4 Å². The topological polar surface area (TPSA) is 84.8 Å². The van der Waals surface area contributed by atoms with Crippen LogP contribution in [0.2, 0.25) is 0 Å². The van der Waals surface area contributed by atoms with Crippen molar-refractivity contribution in [3.8, 4) is 5.88 Å². The average Bonchev–Trinajstić information content (AvgIpc) is 2.39. The minimum Gasteiger partial charge on any atom is -0.480 e. The summed E-state index contributed by atoms with van der Waals surface area (Å²) < 4.78 is 10.2. The van der Waals surface area contributed by atoms with Crippen molar-refractivity contribution >= 4 is 11.9 Å². The number of aromatic nitrogens is 2. The molecule has 1 fully saturated rings. The van der Waals surface area contributed by atoms with Gasteiger partial charge in [0.1, 0.15) is 5.56 Å². The lowest BCUT2D eigenvalue weighted by Crippen LogP contribution is -2.37. The molecule has 0 aliphatic carbocycles. The van der Waals surface area contributed by atoms with Gasteiger partial charge in [-0.3, -0.25) is 0 Å². The van der Waals surface area contributed by atoms with Gasteiger partial charge >= 0.3 is 5.97 Å². The van der Waals surface area contributed by atoms with Crippen LogP contribution in [0.5, 0.6) is 5.88 Å². The Morgan fingerprint density at radius 2 is 2.24 bits per heavy atom. The first kappa shape index (κ1) is 11.6. The van der Waals surface area contributed by atoms with Gasteiger partial charge in [-0.2, -0.15) is 4.98 Å². The third kappa shape index (κ3) is 2.44. The number of hydrogen-bond acceptors (Lipinski definition) is 6. The van der Waals surface area contributed by atoms with Gasteiger partial charge in [0.05, 0.1) is 26.5 Å². The molecule has 0 radical (unpaired) electrons. The third-order valence-corrected chi connectivity index (χ3v) is 2.46. The van der Waals surface area contributed by atoms with E-state index in [1.165, 1.54) is 13.3 Å². The molecule has 0 spiro atoms. The van der Waals surface area contributed by atoms with Crippen LogP contribution in [-0.2, 0) is 4.74 Å². The molecule has 2 heterocycles. The number of hydrogen-bond donors (Lipinski definition) is 1. The van der Waals surface area contributed by atoms with Gasteiger partial charge in [0.15, 0.2) is 0 Å². The molecule has 17 heavy (non-hydrogen) atoms. The fraction of sp³-hybridized carbons (Fsp3) is 0.500. The highest BCUT2D eigenvalue weighted by Gasteiger charge is 2.18. The second-order valence-electron chi connectivity index (χ2n) is 3.50. The number of aromatic carboxylic acids is 1. The fourth-order valence-corrected chi connectivity index (χ4v) is 1.58. The Morgan fingerprint density at radius 3 is 2.82 bits per heavy atom. The molecule has 0 aromatic carbocycles. The van der Waals surface area contributed by atoms with Crippen LogP contribution in [0.15, 0.2) is 6.20 Å². The predicted molar refractivity (Wildman–Crippen MR) is 58.6 cm³/mol. The minimum atomic E-state index is -1.10. The van der Waals surface area contributed by atoms with Crippen LogP contribution in [0, 0.1) is 0 Å². The van der Waals surface area contributed by atoms with Gasteiger partial charge in [0, 0.05) is 13.1 Å². The summed E-state index contributed by atoms with van der Waals surface area (Å²) in [6.45, 7) is 2.61. The summed E-state index contributed by atoms with van der Waals surface area (Å²) >= 11 is 0. The fourth-order valence-electron chi connectivity index (χ4n) is 1.58. The normalized spacial score (nSPS) is 15.7. The lowest BCUT2D eigenvalue weighted by atomic mass is 10.3. The Balaban J connectivity index is 2.27. The monoisotopic (exact) mass is 239 g/mol. The van der Waals surface area contributed by atoms with Crippen LogP contribution < -0.4 is 9.64 Å². The van der Waals surface area contributed by atoms with Crippen LogP contribution in [-0.4, -0.2) is 54.5 Å². The van der Waals surface area contributed by atoms with E-state index < -0.39 is 5.97 Å². The maximum Gasteiger partial charge on any atom is 0.342 e. The number of morpholine rings is 1. The van der Waals surface area contributed by atoms with Gasteiger partial charge in [-0.1, -0.05) is 0 Å². The van der Waals surface area contributed by atoms with Gasteiger partial charge in [-0.05, 0) is 0 Å². The smallest absolute Gasteiger partial charge is 0.342 e. The van der Waals surface area contributed by atoms with Crippen molar-refractivity contribution < 1.29 is 19.4 Å². The largest absolute Gasteiger partial charge is 0.480 e. The predicted octanol–water partition coefficient (Wildman–Crippen LogP) is 0.0200. The van der Waals surface area contributed by atoms with E-state index in [-0.39, 0.29) is 11.4 Å². The highest BCUT2D eigenvalue weighted by molar-refractivity contribution is 5.89. The van der Waals surface area contributed by atoms with Crippen molar-refractivity contribution in [2.24, 2.45) is 0 Å². The van der Waals surface area contributed by atoms with E-state index in [9.17, 15) is 4.79 Å². The molecule has 1 aromatic heterocycles. The highest BCUT2D eigenvalue weighted by atomic mass is 16.5. The SMILES string of the molecule is COc1nc(N2CCOCC2)ncc1C(=O)O. The quantitative estimate of drug-likeness (QED) is 0.795. The lowest BCUT2D eigenvalue weighted by molar-refractivity contribution is 0.0691. The highest BCUT2D eigenvalue weighted by Crippen LogP contribution is 2.18. The Kier molecular flexibility index (Phi) is 3.38. The van der Waals surface area contributed by atoms with Gasteiger partial charge < -0.3 is 19.5 Å². The van der Waals surface area contributed by atoms with Crippen molar-refractivity contribution in [3.63, 3.8) is 0 Å². The van der Waals surface area contributed by atoms with E-state index in [4.69, 9.17) is 14.6 Å². The lowest BCUT2D eigenvalue weighted by Gasteiger charge is -2.26. The molecule has 0 saturated carbocycles. The third-order valence-electron chi connectivity index (χ3n) is 2.46.